The number of aliphatic hydroxyl groups excluding tert-OH is 1. The van der Waals surface area contributed by atoms with Crippen molar-refractivity contribution in [3.63, 3.8) is 0 Å². The first-order chi connectivity index (χ1) is 18.0. The standard InChI is InChI=1S/C31H51N3O2S/c1-4-5-6-7-8-9-10-11-12-13-14-15-16-17-18-21-24-32-31(37)33-25-28(27(3)35)30(36)34-29-23-20-19-22-26(29)2/h19-20,22-23,25,35H,4-18,21,24H2,1-3H3,(H,32,37)(H,34,36)/b28-27-,33-25+. The van der Waals surface area contributed by atoms with Crippen molar-refractivity contribution < 1.29 is 9.90 Å². The zero-order chi connectivity index (χ0) is 27.1. The van der Waals surface area contributed by atoms with Gasteiger partial charge in [0.05, 0.1) is 5.57 Å². The Kier molecular flexibility index (Phi) is 19.4. The van der Waals surface area contributed by atoms with E-state index in [0.717, 1.165) is 18.5 Å². The Morgan fingerprint density at radius 3 is 1.84 bits per heavy atom. The number of unbranched alkanes of at least 4 members (excludes halogenated alkanes) is 15. The van der Waals surface area contributed by atoms with Crippen LogP contribution in [0.25, 0.3) is 0 Å². The van der Waals surface area contributed by atoms with Crippen molar-refractivity contribution in [2.45, 2.75) is 124 Å². The van der Waals surface area contributed by atoms with E-state index in [0.29, 0.717) is 10.8 Å². The second kappa shape index (κ2) is 21.8. The highest BCUT2D eigenvalue weighted by Gasteiger charge is 2.12. The molecule has 0 aliphatic rings. The number of thiocarbonyl (C=S) groups is 1. The number of carbonyl (C=O) groups excluding carboxylic acids is 1. The number of carbonyl (C=O) groups is 1. The van der Waals surface area contributed by atoms with Crippen LogP contribution in [0.3, 0.4) is 0 Å². The van der Waals surface area contributed by atoms with Crippen LogP contribution in [0.15, 0.2) is 40.6 Å². The molecular formula is C31H51N3O2S. The summed E-state index contributed by atoms with van der Waals surface area (Å²) in [6, 6.07) is 7.49. The molecule has 0 saturated heterocycles. The van der Waals surface area contributed by atoms with Crippen molar-refractivity contribution >= 4 is 35.1 Å². The first-order valence-corrected chi connectivity index (χ1v) is 14.9. The van der Waals surface area contributed by atoms with Gasteiger partial charge in [-0.1, -0.05) is 121 Å². The van der Waals surface area contributed by atoms with Crippen LogP contribution in [0.4, 0.5) is 5.69 Å². The molecular weight excluding hydrogens is 478 g/mol. The maximum absolute atomic E-state index is 12.6. The number of hydrogen-bond donors (Lipinski definition) is 3. The molecule has 0 atom stereocenters. The second-order valence-corrected chi connectivity index (χ2v) is 10.4. The molecule has 5 nitrogen and oxygen atoms in total. The van der Waals surface area contributed by atoms with Crippen LogP contribution in [-0.2, 0) is 4.79 Å². The largest absolute Gasteiger partial charge is 0.512 e. The van der Waals surface area contributed by atoms with Crippen LogP contribution in [0, 0.1) is 6.92 Å². The van der Waals surface area contributed by atoms with Crippen LogP contribution in [0.5, 0.6) is 0 Å². The molecule has 0 radical (unpaired) electrons. The molecule has 0 aromatic heterocycles. The van der Waals surface area contributed by atoms with Gasteiger partial charge in [-0.05, 0) is 44.1 Å². The summed E-state index contributed by atoms with van der Waals surface area (Å²) in [5, 5.41) is 16.2. The van der Waals surface area contributed by atoms with E-state index in [4.69, 9.17) is 12.2 Å². The van der Waals surface area contributed by atoms with Gasteiger partial charge >= 0.3 is 0 Å². The zero-order valence-electron chi connectivity index (χ0n) is 23.6. The summed E-state index contributed by atoms with van der Waals surface area (Å²) in [4.78, 5) is 16.7. The van der Waals surface area contributed by atoms with Crippen LogP contribution >= 0.6 is 12.2 Å². The lowest BCUT2D eigenvalue weighted by Crippen LogP contribution is -2.22. The zero-order valence-corrected chi connectivity index (χ0v) is 24.4. The minimum absolute atomic E-state index is 0.0924. The molecule has 3 N–H and O–H groups in total. The van der Waals surface area contributed by atoms with Crippen molar-refractivity contribution in [1.29, 1.82) is 0 Å². The van der Waals surface area contributed by atoms with Gasteiger partial charge in [-0.25, -0.2) is 4.99 Å². The lowest BCUT2D eigenvalue weighted by Gasteiger charge is -2.09. The maximum Gasteiger partial charge on any atom is 0.260 e. The van der Waals surface area contributed by atoms with E-state index in [1.165, 1.54) is 109 Å². The molecule has 0 bridgehead atoms. The molecule has 0 saturated carbocycles. The molecule has 1 rings (SSSR count). The van der Waals surface area contributed by atoms with E-state index in [1.807, 2.05) is 31.2 Å². The normalized spacial score (nSPS) is 12.0. The Labute approximate surface area is 231 Å². The molecule has 1 amide bonds. The second-order valence-electron chi connectivity index (χ2n) is 10.1. The topological polar surface area (TPSA) is 73.7 Å². The van der Waals surface area contributed by atoms with Crippen molar-refractivity contribution in [1.82, 2.24) is 5.32 Å². The number of aliphatic hydroxyl groups is 1. The van der Waals surface area contributed by atoms with Crippen molar-refractivity contribution in [2.24, 2.45) is 4.99 Å². The molecule has 1 aromatic carbocycles. The smallest absolute Gasteiger partial charge is 0.260 e. The molecule has 1 aromatic rings. The molecule has 0 unspecified atom stereocenters. The van der Waals surface area contributed by atoms with Crippen LogP contribution in [0.2, 0.25) is 0 Å². The van der Waals surface area contributed by atoms with Gasteiger partial charge < -0.3 is 15.7 Å². The summed E-state index contributed by atoms with van der Waals surface area (Å²) < 4.78 is 0. The lowest BCUT2D eigenvalue weighted by molar-refractivity contribution is -0.112. The number of benzene rings is 1. The van der Waals surface area contributed by atoms with E-state index in [1.54, 1.807) is 0 Å². The third-order valence-corrected chi connectivity index (χ3v) is 6.89. The fourth-order valence-corrected chi connectivity index (χ4v) is 4.41. The quantitative estimate of drug-likeness (QED) is 0.0518. The predicted molar refractivity (Wildman–Crippen MR) is 164 cm³/mol. The molecule has 6 heteroatoms. The fourth-order valence-electron chi connectivity index (χ4n) is 4.26. The highest BCUT2D eigenvalue weighted by Crippen LogP contribution is 2.15. The number of amides is 1. The number of nitrogens with zero attached hydrogens (tertiary/aromatic N) is 1. The minimum atomic E-state index is -0.418. The molecule has 0 aliphatic carbocycles. The number of aliphatic imine (C=N–C) groups is 1. The van der Waals surface area contributed by atoms with Gasteiger partial charge in [0.25, 0.3) is 5.91 Å². The van der Waals surface area contributed by atoms with Crippen molar-refractivity contribution in [3.8, 4) is 0 Å². The van der Waals surface area contributed by atoms with Gasteiger partial charge in [-0.2, -0.15) is 0 Å². The van der Waals surface area contributed by atoms with Gasteiger partial charge in [-0.3, -0.25) is 4.79 Å². The van der Waals surface area contributed by atoms with Crippen LogP contribution in [0.1, 0.15) is 122 Å². The number of para-hydroxylation sites is 1. The van der Waals surface area contributed by atoms with Crippen LogP contribution < -0.4 is 10.6 Å². The van der Waals surface area contributed by atoms with Gasteiger partial charge in [0.1, 0.15) is 5.76 Å². The monoisotopic (exact) mass is 529 g/mol. The average molecular weight is 530 g/mol. The van der Waals surface area contributed by atoms with Gasteiger partial charge in [0.15, 0.2) is 5.11 Å². The molecule has 0 heterocycles. The number of rotatable bonds is 20. The van der Waals surface area contributed by atoms with E-state index in [9.17, 15) is 9.90 Å². The third kappa shape index (κ3) is 17.0. The summed E-state index contributed by atoms with van der Waals surface area (Å²) in [5.41, 5.74) is 1.73. The highest BCUT2D eigenvalue weighted by atomic mass is 32.1. The predicted octanol–water partition coefficient (Wildman–Crippen LogP) is 8.97. The average Bonchev–Trinajstić information content (AvgIpc) is 2.87. The number of anilines is 1. The molecule has 0 aliphatic heterocycles. The number of aryl methyl sites for hydroxylation is 1. The van der Waals surface area contributed by atoms with E-state index in [2.05, 4.69) is 22.5 Å². The number of allylic oxidation sites excluding steroid dienone is 1. The summed E-state index contributed by atoms with van der Waals surface area (Å²) in [6.45, 7) is 6.42. The third-order valence-electron chi connectivity index (χ3n) is 6.65. The van der Waals surface area contributed by atoms with Crippen molar-refractivity contribution in [2.75, 3.05) is 11.9 Å². The van der Waals surface area contributed by atoms with Gasteiger partial charge in [-0.15, -0.1) is 0 Å². The van der Waals surface area contributed by atoms with Gasteiger partial charge in [0.2, 0.25) is 0 Å². The summed E-state index contributed by atoms with van der Waals surface area (Å²) in [5.74, 6) is -0.519. The molecule has 0 spiro atoms. The van der Waals surface area contributed by atoms with E-state index >= 15 is 0 Å². The SMILES string of the molecule is CCCCCCCCCCCCCCCCCCNC(=S)/N=C/C(C(=O)Nc1ccccc1C)=C(\C)O. The maximum atomic E-state index is 12.6. The Hall–Kier alpha value is -2.21. The Morgan fingerprint density at radius 2 is 1.35 bits per heavy atom. The summed E-state index contributed by atoms with van der Waals surface area (Å²) in [7, 11) is 0. The fraction of sp³-hybridized carbons (Fsp3) is 0.645. The first-order valence-electron chi connectivity index (χ1n) is 14.5. The van der Waals surface area contributed by atoms with Crippen molar-refractivity contribution in [3.05, 3.63) is 41.2 Å². The van der Waals surface area contributed by atoms with Crippen LogP contribution in [-0.4, -0.2) is 28.9 Å². The number of hydrogen-bond acceptors (Lipinski definition) is 3. The van der Waals surface area contributed by atoms with E-state index in [-0.39, 0.29) is 11.3 Å². The summed E-state index contributed by atoms with van der Waals surface area (Å²) >= 11 is 5.26. The lowest BCUT2D eigenvalue weighted by atomic mass is 10.0. The Bertz CT molecular complexity index is 831. The minimum Gasteiger partial charge on any atom is -0.512 e. The Morgan fingerprint density at radius 1 is 0.865 bits per heavy atom. The Balaban J connectivity index is 2.06. The highest BCUT2D eigenvalue weighted by molar-refractivity contribution is 7.80. The van der Waals surface area contributed by atoms with E-state index < -0.39 is 5.91 Å². The number of nitrogens with one attached hydrogen (secondary N) is 2. The molecule has 37 heavy (non-hydrogen) atoms. The van der Waals surface area contributed by atoms with Gasteiger partial charge in [0, 0.05) is 18.4 Å². The first kappa shape index (κ1) is 32.8. The molecule has 0 fully saturated rings. The summed E-state index contributed by atoms with van der Waals surface area (Å²) in [6.07, 6.45) is 22.9. The molecule has 208 valence electrons.